The van der Waals surface area contributed by atoms with Crippen molar-refractivity contribution in [3.05, 3.63) is 59.7 Å². The van der Waals surface area contributed by atoms with E-state index < -0.39 is 0 Å². The largest absolute Gasteiger partial charge is 0.484 e. The number of anilines is 1. The molecule has 1 aliphatic heterocycles. The van der Waals surface area contributed by atoms with Crippen LogP contribution in [0.5, 0.6) is 5.75 Å². The Labute approximate surface area is 222 Å². The third kappa shape index (κ3) is 7.35. The maximum absolute atomic E-state index is 13.6. The van der Waals surface area contributed by atoms with Crippen molar-refractivity contribution in [2.24, 2.45) is 5.92 Å². The SMILES string of the molecule is Cc1cccc2c1N(C(=O)COc1ccccc1)CCCN(C(C)C)CCN(C(=O)CCC1CCC1)C2. The van der Waals surface area contributed by atoms with Gasteiger partial charge in [-0.2, -0.15) is 0 Å². The topological polar surface area (TPSA) is 53.1 Å². The highest BCUT2D eigenvalue weighted by molar-refractivity contribution is 5.96. The Morgan fingerprint density at radius 3 is 2.41 bits per heavy atom. The number of hydrogen-bond acceptors (Lipinski definition) is 4. The van der Waals surface area contributed by atoms with Crippen LogP contribution in [0.1, 0.15) is 63.5 Å². The minimum absolute atomic E-state index is 0.0181. The van der Waals surface area contributed by atoms with Crippen LogP contribution in [-0.4, -0.2) is 60.4 Å². The number of fused-ring (bicyclic) bond motifs is 1. The molecule has 1 saturated carbocycles. The van der Waals surface area contributed by atoms with E-state index in [-0.39, 0.29) is 18.4 Å². The van der Waals surface area contributed by atoms with Crippen molar-refractivity contribution < 1.29 is 14.3 Å². The number of ether oxygens (including phenoxy) is 1. The molecule has 4 rings (SSSR count). The Morgan fingerprint density at radius 2 is 1.70 bits per heavy atom. The zero-order chi connectivity index (χ0) is 26.2. The van der Waals surface area contributed by atoms with Crippen molar-refractivity contribution >= 4 is 17.5 Å². The maximum atomic E-state index is 13.6. The molecule has 37 heavy (non-hydrogen) atoms. The molecule has 0 radical (unpaired) electrons. The molecule has 0 saturated heterocycles. The smallest absolute Gasteiger partial charge is 0.264 e. The summed E-state index contributed by atoms with van der Waals surface area (Å²) in [6.45, 7) is 10.0. The second-order valence-electron chi connectivity index (χ2n) is 10.9. The fourth-order valence-corrected chi connectivity index (χ4v) is 5.41. The van der Waals surface area contributed by atoms with Crippen LogP contribution in [0.2, 0.25) is 0 Å². The van der Waals surface area contributed by atoms with E-state index in [0.29, 0.717) is 43.8 Å². The monoisotopic (exact) mass is 505 g/mol. The molecule has 0 atom stereocenters. The summed E-state index contributed by atoms with van der Waals surface area (Å²) in [6.07, 6.45) is 6.29. The van der Waals surface area contributed by atoms with Crippen LogP contribution in [0, 0.1) is 12.8 Å². The number of benzene rings is 2. The predicted molar refractivity (Wildman–Crippen MR) is 149 cm³/mol. The summed E-state index contributed by atoms with van der Waals surface area (Å²) >= 11 is 0. The van der Waals surface area contributed by atoms with E-state index in [2.05, 4.69) is 37.8 Å². The number of hydrogen-bond donors (Lipinski definition) is 0. The number of rotatable bonds is 7. The quantitative estimate of drug-likeness (QED) is 0.504. The lowest BCUT2D eigenvalue weighted by Crippen LogP contribution is -2.41. The van der Waals surface area contributed by atoms with Gasteiger partial charge in [0.2, 0.25) is 5.91 Å². The molecule has 1 fully saturated rings. The minimum Gasteiger partial charge on any atom is -0.484 e. The Bertz CT molecular complexity index is 1040. The average molecular weight is 506 g/mol. The van der Waals surface area contributed by atoms with Gasteiger partial charge in [-0.25, -0.2) is 0 Å². The van der Waals surface area contributed by atoms with E-state index in [4.69, 9.17) is 4.74 Å². The second-order valence-corrected chi connectivity index (χ2v) is 10.9. The lowest BCUT2D eigenvalue weighted by Gasteiger charge is -2.31. The van der Waals surface area contributed by atoms with Crippen LogP contribution in [0.25, 0.3) is 0 Å². The Hall–Kier alpha value is -2.86. The molecular formula is C31H43N3O3. The van der Waals surface area contributed by atoms with Gasteiger partial charge in [0.25, 0.3) is 5.91 Å². The molecule has 0 bridgehead atoms. The molecule has 6 nitrogen and oxygen atoms in total. The number of para-hydroxylation sites is 2. The fraction of sp³-hybridized carbons (Fsp3) is 0.548. The van der Waals surface area contributed by atoms with Crippen molar-refractivity contribution in [3.63, 3.8) is 0 Å². The highest BCUT2D eigenvalue weighted by Gasteiger charge is 2.26. The molecule has 1 heterocycles. The van der Waals surface area contributed by atoms with Gasteiger partial charge in [0.1, 0.15) is 5.75 Å². The van der Waals surface area contributed by atoms with Gasteiger partial charge in [-0.3, -0.25) is 14.5 Å². The van der Waals surface area contributed by atoms with Crippen LogP contribution in [0.15, 0.2) is 48.5 Å². The molecule has 2 aliphatic rings. The number of carbonyl (C=O) groups excluding carboxylic acids is 2. The van der Waals surface area contributed by atoms with Crippen LogP contribution < -0.4 is 9.64 Å². The first-order valence-electron chi connectivity index (χ1n) is 14.0. The molecule has 0 N–H and O–H groups in total. The van der Waals surface area contributed by atoms with Crippen LogP contribution >= 0.6 is 0 Å². The third-order valence-corrected chi connectivity index (χ3v) is 7.92. The van der Waals surface area contributed by atoms with Gasteiger partial charge >= 0.3 is 0 Å². The van der Waals surface area contributed by atoms with E-state index in [1.54, 1.807) is 0 Å². The summed E-state index contributed by atoms with van der Waals surface area (Å²) < 4.78 is 5.85. The summed E-state index contributed by atoms with van der Waals surface area (Å²) in [5, 5.41) is 0. The molecule has 1 aliphatic carbocycles. The molecule has 0 unspecified atom stereocenters. The molecule has 2 aromatic rings. The molecule has 0 spiro atoms. The standard InChI is InChI=1S/C31H43N3O3/c1-24(2)32-18-9-19-34(30(36)23-37-28-14-5-4-6-15-28)31-25(3)10-7-13-27(31)22-33(21-20-32)29(35)17-16-26-11-8-12-26/h4-7,10,13-15,24,26H,8-9,11-12,16-23H2,1-3H3. The highest BCUT2D eigenvalue weighted by atomic mass is 16.5. The highest BCUT2D eigenvalue weighted by Crippen LogP contribution is 2.32. The molecule has 2 aromatic carbocycles. The summed E-state index contributed by atoms with van der Waals surface area (Å²) in [7, 11) is 0. The van der Waals surface area contributed by atoms with Gasteiger partial charge in [0.15, 0.2) is 6.61 Å². The molecule has 200 valence electrons. The lowest BCUT2D eigenvalue weighted by molar-refractivity contribution is -0.132. The molecule has 6 heteroatoms. The van der Waals surface area contributed by atoms with E-state index in [1.807, 2.05) is 46.2 Å². The molecule has 2 amide bonds. The summed E-state index contributed by atoms with van der Waals surface area (Å²) in [4.78, 5) is 33.4. The first-order valence-corrected chi connectivity index (χ1v) is 14.0. The number of nitrogens with zero attached hydrogens (tertiary/aromatic N) is 3. The zero-order valence-electron chi connectivity index (χ0n) is 22.8. The normalized spacial score (nSPS) is 17.6. The molecular weight excluding hydrogens is 462 g/mol. The summed E-state index contributed by atoms with van der Waals surface area (Å²) in [5.41, 5.74) is 3.01. The van der Waals surface area contributed by atoms with E-state index in [9.17, 15) is 9.59 Å². The Balaban J connectivity index is 1.59. The van der Waals surface area contributed by atoms with Gasteiger partial charge in [0, 0.05) is 45.2 Å². The first kappa shape index (κ1) is 27.2. The van der Waals surface area contributed by atoms with Crippen LogP contribution in [-0.2, 0) is 16.1 Å². The van der Waals surface area contributed by atoms with E-state index in [1.165, 1.54) is 19.3 Å². The van der Waals surface area contributed by atoms with Crippen molar-refractivity contribution in [1.29, 1.82) is 0 Å². The second kappa shape index (κ2) is 13.1. The van der Waals surface area contributed by atoms with Gasteiger partial charge < -0.3 is 14.5 Å². The van der Waals surface area contributed by atoms with Crippen LogP contribution in [0.4, 0.5) is 5.69 Å². The maximum Gasteiger partial charge on any atom is 0.264 e. The van der Waals surface area contributed by atoms with Gasteiger partial charge in [-0.1, -0.05) is 55.7 Å². The Morgan fingerprint density at radius 1 is 0.919 bits per heavy atom. The Kier molecular flexibility index (Phi) is 9.62. The zero-order valence-corrected chi connectivity index (χ0v) is 22.8. The van der Waals surface area contributed by atoms with Crippen molar-refractivity contribution in [1.82, 2.24) is 9.80 Å². The summed E-state index contributed by atoms with van der Waals surface area (Å²) in [6, 6.07) is 16.0. The van der Waals surface area contributed by atoms with Gasteiger partial charge in [0.05, 0.1) is 5.69 Å². The lowest BCUT2D eigenvalue weighted by atomic mass is 9.82. The minimum atomic E-state index is -0.0578. The van der Waals surface area contributed by atoms with Crippen LogP contribution in [0.3, 0.4) is 0 Å². The molecule has 0 aromatic heterocycles. The number of amides is 2. The number of carbonyl (C=O) groups is 2. The third-order valence-electron chi connectivity index (χ3n) is 7.92. The number of aryl methyl sites for hydroxylation is 1. The predicted octanol–water partition coefficient (Wildman–Crippen LogP) is 5.43. The summed E-state index contributed by atoms with van der Waals surface area (Å²) in [5.74, 6) is 1.57. The van der Waals surface area contributed by atoms with Crippen molar-refractivity contribution in [3.8, 4) is 5.75 Å². The average Bonchev–Trinajstić information content (AvgIpc) is 2.89. The van der Waals surface area contributed by atoms with E-state index >= 15 is 0 Å². The van der Waals surface area contributed by atoms with Gasteiger partial charge in [-0.05, 0) is 62.8 Å². The van der Waals surface area contributed by atoms with Crippen molar-refractivity contribution in [2.75, 3.05) is 37.7 Å². The van der Waals surface area contributed by atoms with Crippen molar-refractivity contribution in [2.45, 2.75) is 71.9 Å². The van der Waals surface area contributed by atoms with E-state index in [0.717, 1.165) is 42.7 Å². The fourth-order valence-electron chi connectivity index (χ4n) is 5.41. The van der Waals surface area contributed by atoms with Gasteiger partial charge in [-0.15, -0.1) is 0 Å². The first-order chi connectivity index (χ1) is 17.9.